The number of amides is 1. The van der Waals surface area contributed by atoms with Gasteiger partial charge in [-0.05, 0) is 24.0 Å². The largest absolute Gasteiger partial charge is 0.373 e. The van der Waals surface area contributed by atoms with Crippen molar-refractivity contribution in [2.75, 3.05) is 5.32 Å². The molecule has 0 aliphatic heterocycles. The van der Waals surface area contributed by atoms with Crippen LogP contribution in [0.5, 0.6) is 0 Å². The van der Waals surface area contributed by atoms with Gasteiger partial charge in [0.2, 0.25) is 5.91 Å². The lowest BCUT2D eigenvalue weighted by Crippen LogP contribution is -2.35. The van der Waals surface area contributed by atoms with Crippen LogP contribution < -0.4 is 11.1 Å². The standard InChI is InChI=1S/C13H20N2O/c1-4-11(13(14)16)15-12-8-6-5-7-10(12)9(2)3/h5-9,11,15H,4H2,1-3H3,(H2,14,16). The first-order valence-electron chi connectivity index (χ1n) is 5.71. The minimum Gasteiger partial charge on any atom is -0.373 e. The zero-order chi connectivity index (χ0) is 12.1. The number of nitrogens with two attached hydrogens (primary N) is 1. The number of anilines is 1. The third-order valence-corrected chi connectivity index (χ3v) is 2.66. The summed E-state index contributed by atoms with van der Waals surface area (Å²) in [5.74, 6) is 0.121. The Bertz CT molecular complexity index is 361. The molecular weight excluding hydrogens is 200 g/mol. The van der Waals surface area contributed by atoms with Crippen LogP contribution in [-0.4, -0.2) is 11.9 Å². The Morgan fingerprint density at radius 2 is 2.00 bits per heavy atom. The van der Waals surface area contributed by atoms with Crippen molar-refractivity contribution in [3.05, 3.63) is 29.8 Å². The van der Waals surface area contributed by atoms with Crippen LogP contribution in [0.3, 0.4) is 0 Å². The summed E-state index contributed by atoms with van der Waals surface area (Å²) in [6.45, 7) is 6.21. The summed E-state index contributed by atoms with van der Waals surface area (Å²) < 4.78 is 0. The Balaban J connectivity index is 2.91. The lowest BCUT2D eigenvalue weighted by atomic mass is 10.0. The summed E-state index contributed by atoms with van der Waals surface area (Å²) in [5.41, 5.74) is 7.53. The van der Waals surface area contributed by atoms with Gasteiger partial charge < -0.3 is 11.1 Å². The van der Waals surface area contributed by atoms with Crippen LogP contribution in [0.15, 0.2) is 24.3 Å². The Morgan fingerprint density at radius 3 is 2.50 bits per heavy atom. The van der Waals surface area contributed by atoms with E-state index in [0.717, 1.165) is 5.69 Å². The molecule has 1 aromatic carbocycles. The molecule has 16 heavy (non-hydrogen) atoms. The number of rotatable bonds is 5. The van der Waals surface area contributed by atoms with Crippen LogP contribution in [0.25, 0.3) is 0 Å². The summed E-state index contributed by atoms with van der Waals surface area (Å²) in [7, 11) is 0. The summed E-state index contributed by atoms with van der Waals surface area (Å²) in [6.07, 6.45) is 0.696. The van der Waals surface area contributed by atoms with Crippen LogP contribution in [0.4, 0.5) is 5.69 Å². The zero-order valence-electron chi connectivity index (χ0n) is 10.2. The minimum atomic E-state index is -0.305. The molecule has 0 spiro atoms. The molecule has 0 saturated carbocycles. The van der Waals surface area contributed by atoms with E-state index in [2.05, 4.69) is 25.2 Å². The molecule has 1 aromatic rings. The van der Waals surface area contributed by atoms with E-state index in [4.69, 9.17) is 5.73 Å². The van der Waals surface area contributed by atoms with Crippen molar-refractivity contribution in [1.82, 2.24) is 0 Å². The molecule has 0 heterocycles. The fourth-order valence-corrected chi connectivity index (χ4v) is 1.69. The molecule has 88 valence electrons. The van der Waals surface area contributed by atoms with E-state index in [1.807, 2.05) is 25.1 Å². The second kappa shape index (κ2) is 5.54. The number of nitrogens with one attached hydrogen (secondary N) is 1. The van der Waals surface area contributed by atoms with Crippen LogP contribution >= 0.6 is 0 Å². The molecule has 1 atom stereocenters. The zero-order valence-corrected chi connectivity index (χ0v) is 10.2. The summed E-state index contributed by atoms with van der Waals surface area (Å²) in [5, 5.41) is 3.20. The van der Waals surface area contributed by atoms with E-state index in [-0.39, 0.29) is 11.9 Å². The molecule has 0 aromatic heterocycles. The van der Waals surface area contributed by atoms with E-state index in [1.165, 1.54) is 5.56 Å². The minimum absolute atomic E-state index is 0.292. The predicted octanol–water partition coefficient (Wildman–Crippen LogP) is 2.49. The van der Waals surface area contributed by atoms with Gasteiger partial charge in [0, 0.05) is 5.69 Å². The van der Waals surface area contributed by atoms with Gasteiger partial charge in [-0.15, -0.1) is 0 Å². The molecule has 0 aliphatic carbocycles. The second-order valence-corrected chi connectivity index (χ2v) is 4.25. The normalized spacial score (nSPS) is 12.5. The number of hydrogen-bond acceptors (Lipinski definition) is 2. The van der Waals surface area contributed by atoms with Crippen LogP contribution in [-0.2, 0) is 4.79 Å². The first kappa shape index (κ1) is 12.6. The Labute approximate surface area is 97.0 Å². The van der Waals surface area contributed by atoms with Crippen LogP contribution in [0.2, 0.25) is 0 Å². The monoisotopic (exact) mass is 220 g/mol. The highest BCUT2D eigenvalue weighted by Crippen LogP contribution is 2.24. The van der Waals surface area contributed by atoms with E-state index in [1.54, 1.807) is 0 Å². The highest BCUT2D eigenvalue weighted by atomic mass is 16.1. The van der Waals surface area contributed by atoms with Crippen molar-refractivity contribution < 1.29 is 4.79 Å². The molecule has 1 unspecified atom stereocenters. The highest BCUT2D eigenvalue weighted by molar-refractivity contribution is 5.83. The fourth-order valence-electron chi connectivity index (χ4n) is 1.69. The Kier molecular flexibility index (Phi) is 4.35. The molecule has 1 rings (SSSR count). The van der Waals surface area contributed by atoms with Crippen molar-refractivity contribution in [3.8, 4) is 0 Å². The molecular formula is C13H20N2O. The van der Waals surface area contributed by atoms with E-state index >= 15 is 0 Å². The predicted molar refractivity (Wildman–Crippen MR) is 67.4 cm³/mol. The summed E-state index contributed by atoms with van der Waals surface area (Å²) in [6, 6.07) is 7.73. The second-order valence-electron chi connectivity index (χ2n) is 4.25. The molecule has 0 saturated heterocycles. The molecule has 1 amide bonds. The molecule has 3 nitrogen and oxygen atoms in total. The van der Waals surface area contributed by atoms with Crippen molar-refractivity contribution in [2.24, 2.45) is 5.73 Å². The lowest BCUT2D eigenvalue weighted by molar-refractivity contribution is -0.118. The Morgan fingerprint density at radius 1 is 1.38 bits per heavy atom. The molecule has 0 fully saturated rings. The molecule has 3 N–H and O–H groups in total. The maximum Gasteiger partial charge on any atom is 0.239 e. The summed E-state index contributed by atoms with van der Waals surface area (Å²) >= 11 is 0. The SMILES string of the molecule is CCC(Nc1ccccc1C(C)C)C(N)=O. The maximum absolute atomic E-state index is 11.2. The van der Waals surface area contributed by atoms with E-state index < -0.39 is 0 Å². The number of benzene rings is 1. The Hall–Kier alpha value is -1.51. The number of primary amides is 1. The van der Waals surface area contributed by atoms with Gasteiger partial charge in [0.1, 0.15) is 6.04 Å². The fraction of sp³-hybridized carbons (Fsp3) is 0.462. The van der Waals surface area contributed by atoms with Gasteiger partial charge >= 0.3 is 0 Å². The van der Waals surface area contributed by atoms with Gasteiger partial charge in [-0.25, -0.2) is 0 Å². The first-order valence-corrected chi connectivity index (χ1v) is 5.71. The number of carbonyl (C=O) groups excluding carboxylic acids is 1. The van der Waals surface area contributed by atoms with Crippen molar-refractivity contribution in [2.45, 2.75) is 39.2 Å². The van der Waals surface area contributed by atoms with Gasteiger partial charge in [0.05, 0.1) is 0 Å². The smallest absolute Gasteiger partial charge is 0.239 e. The topological polar surface area (TPSA) is 55.1 Å². The molecule has 3 heteroatoms. The lowest BCUT2D eigenvalue weighted by Gasteiger charge is -2.19. The van der Waals surface area contributed by atoms with E-state index in [9.17, 15) is 4.79 Å². The summed E-state index contributed by atoms with van der Waals surface area (Å²) in [4.78, 5) is 11.2. The quantitative estimate of drug-likeness (QED) is 0.801. The number of para-hydroxylation sites is 1. The van der Waals surface area contributed by atoms with Gasteiger partial charge in [-0.3, -0.25) is 4.79 Å². The van der Waals surface area contributed by atoms with Crippen molar-refractivity contribution in [1.29, 1.82) is 0 Å². The van der Waals surface area contributed by atoms with Gasteiger partial charge in [-0.1, -0.05) is 39.0 Å². The van der Waals surface area contributed by atoms with Gasteiger partial charge in [0.15, 0.2) is 0 Å². The third kappa shape index (κ3) is 2.99. The van der Waals surface area contributed by atoms with E-state index in [0.29, 0.717) is 12.3 Å². The van der Waals surface area contributed by atoms with Gasteiger partial charge in [0.25, 0.3) is 0 Å². The number of hydrogen-bond donors (Lipinski definition) is 2. The maximum atomic E-state index is 11.2. The average Bonchev–Trinajstić information content (AvgIpc) is 2.25. The highest BCUT2D eigenvalue weighted by Gasteiger charge is 2.14. The number of carbonyl (C=O) groups is 1. The molecule has 0 aliphatic rings. The molecule has 0 bridgehead atoms. The van der Waals surface area contributed by atoms with Gasteiger partial charge in [-0.2, -0.15) is 0 Å². The van der Waals surface area contributed by atoms with Crippen molar-refractivity contribution >= 4 is 11.6 Å². The van der Waals surface area contributed by atoms with Crippen LogP contribution in [0.1, 0.15) is 38.7 Å². The first-order chi connectivity index (χ1) is 7.56. The van der Waals surface area contributed by atoms with Crippen LogP contribution in [0, 0.1) is 0 Å². The van der Waals surface area contributed by atoms with Crippen molar-refractivity contribution in [3.63, 3.8) is 0 Å². The molecule has 0 radical (unpaired) electrons. The third-order valence-electron chi connectivity index (χ3n) is 2.66. The average molecular weight is 220 g/mol.